The molecular weight excluding hydrogens is 309 g/mol. The van der Waals surface area contributed by atoms with Gasteiger partial charge in [-0.3, -0.25) is 4.79 Å². The van der Waals surface area contributed by atoms with Gasteiger partial charge in [0.1, 0.15) is 11.5 Å². The van der Waals surface area contributed by atoms with Gasteiger partial charge in [-0.1, -0.05) is 18.2 Å². The number of rotatable bonds is 4. The molecule has 24 heavy (non-hydrogen) atoms. The Hall–Kier alpha value is -2.54. The molecule has 2 aromatic rings. The molecule has 1 aromatic carbocycles. The largest absolute Gasteiger partial charge is 0.347 e. The molecule has 126 valence electrons. The van der Waals surface area contributed by atoms with E-state index >= 15 is 0 Å². The van der Waals surface area contributed by atoms with E-state index < -0.39 is 0 Å². The van der Waals surface area contributed by atoms with Crippen LogP contribution in [0.3, 0.4) is 0 Å². The molecule has 0 bridgehead atoms. The second-order valence-electron chi connectivity index (χ2n) is 5.81. The van der Waals surface area contributed by atoms with Crippen molar-refractivity contribution >= 4 is 11.9 Å². The molecule has 1 N–H and O–H groups in total. The number of benzene rings is 1. The molecule has 0 atom stereocenters. The Morgan fingerprint density at radius 1 is 1.21 bits per heavy atom. The summed E-state index contributed by atoms with van der Waals surface area (Å²) in [4.78, 5) is 25.2. The van der Waals surface area contributed by atoms with Crippen LogP contribution in [0.5, 0.6) is 0 Å². The fourth-order valence-corrected chi connectivity index (χ4v) is 2.54. The molecule has 7 heteroatoms. The summed E-state index contributed by atoms with van der Waals surface area (Å²) in [6.07, 6.45) is 1.58. The standard InChI is InChI=1S/C17H20FN5O/c1-22-8-10-23(11-9-22)17-19-7-6-15(21-17)16(24)20-12-13-4-2-3-5-14(13)18/h2-7H,8-12H2,1H3,(H,20,24). The van der Waals surface area contributed by atoms with Crippen molar-refractivity contribution in [3.63, 3.8) is 0 Å². The van der Waals surface area contributed by atoms with Crippen LogP contribution in [-0.2, 0) is 6.54 Å². The number of carbonyl (C=O) groups excluding carboxylic acids is 1. The molecule has 1 aliphatic heterocycles. The molecular formula is C17H20FN5O. The van der Waals surface area contributed by atoms with E-state index in [2.05, 4.69) is 32.1 Å². The van der Waals surface area contributed by atoms with Crippen LogP contribution in [0.1, 0.15) is 16.1 Å². The Bertz CT molecular complexity index is 716. The fourth-order valence-electron chi connectivity index (χ4n) is 2.54. The first kappa shape index (κ1) is 16.3. The van der Waals surface area contributed by atoms with E-state index in [1.807, 2.05) is 0 Å². The van der Waals surface area contributed by atoms with E-state index in [1.165, 1.54) is 6.07 Å². The Balaban J connectivity index is 1.65. The number of halogens is 1. The van der Waals surface area contributed by atoms with Gasteiger partial charge in [-0.2, -0.15) is 0 Å². The van der Waals surface area contributed by atoms with Gasteiger partial charge in [0.25, 0.3) is 5.91 Å². The minimum absolute atomic E-state index is 0.124. The summed E-state index contributed by atoms with van der Waals surface area (Å²) in [5.74, 6) is -0.115. The van der Waals surface area contributed by atoms with E-state index in [0.717, 1.165) is 26.2 Å². The van der Waals surface area contributed by atoms with Crippen LogP contribution < -0.4 is 10.2 Å². The number of nitrogens with one attached hydrogen (secondary N) is 1. The van der Waals surface area contributed by atoms with Crippen molar-refractivity contribution in [3.05, 3.63) is 53.6 Å². The number of piperazine rings is 1. The van der Waals surface area contributed by atoms with Crippen molar-refractivity contribution in [1.29, 1.82) is 0 Å². The summed E-state index contributed by atoms with van der Waals surface area (Å²) in [7, 11) is 2.07. The summed E-state index contributed by atoms with van der Waals surface area (Å²) in [5.41, 5.74) is 0.731. The van der Waals surface area contributed by atoms with E-state index in [4.69, 9.17) is 0 Å². The number of carbonyl (C=O) groups is 1. The zero-order chi connectivity index (χ0) is 16.9. The van der Waals surface area contributed by atoms with Gasteiger partial charge >= 0.3 is 0 Å². The summed E-state index contributed by atoms with van der Waals surface area (Å²) < 4.78 is 13.6. The van der Waals surface area contributed by atoms with Crippen molar-refractivity contribution in [2.24, 2.45) is 0 Å². The number of hydrogen-bond donors (Lipinski definition) is 1. The third kappa shape index (κ3) is 3.86. The van der Waals surface area contributed by atoms with Gasteiger partial charge in [-0.05, 0) is 19.2 Å². The third-order valence-electron chi connectivity index (χ3n) is 4.06. The summed E-state index contributed by atoms with van der Waals surface area (Å²) >= 11 is 0. The van der Waals surface area contributed by atoms with Crippen LogP contribution >= 0.6 is 0 Å². The zero-order valence-corrected chi connectivity index (χ0v) is 13.6. The highest BCUT2D eigenvalue weighted by atomic mass is 19.1. The molecule has 0 spiro atoms. The summed E-state index contributed by atoms with van der Waals surface area (Å²) in [6, 6.07) is 7.94. The first-order valence-corrected chi connectivity index (χ1v) is 7.91. The molecule has 3 rings (SSSR count). The lowest BCUT2D eigenvalue weighted by Crippen LogP contribution is -2.45. The quantitative estimate of drug-likeness (QED) is 0.916. The monoisotopic (exact) mass is 329 g/mol. The van der Waals surface area contributed by atoms with Crippen LogP contribution in [0.25, 0.3) is 0 Å². The molecule has 1 fully saturated rings. The number of anilines is 1. The maximum Gasteiger partial charge on any atom is 0.270 e. The number of aromatic nitrogens is 2. The van der Waals surface area contributed by atoms with Gasteiger partial charge in [-0.15, -0.1) is 0 Å². The van der Waals surface area contributed by atoms with Crippen molar-refractivity contribution in [2.45, 2.75) is 6.54 Å². The SMILES string of the molecule is CN1CCN(c2nccc(C(=O)NCc3ccccc3F)n2)CC1. The molecule has 0 unspecified atom stereocenters. The highest BCUT2D eigenvalue weighted by molar-refractivity contribution is 5.92. The molecule has 1 amide bonds. The van der Waals surface area contributed by atoms with Crippen LogP contribution in [0.2, 0.25) is 0 Å². The Morgan fingerprint density at radius 2 is 1.96 bits per heavy atom. The van der Waals surface area contributed by atoms with Gasteiger partial charge in [0, 0.05) is 44.5 Å². The predicted molar refractivity (Wildman–Crippen MR) is 89.3 cm³/mol. The van der Waals surface area contributed by atoms with Crippen LogP contribution in [0.15, 0.2) is 36.5 Å². The van der Waals surface area contributed by atoms with Crippen molar-refractivity contribution < 1.29 is 9.18 Å². The molecule has 1 aromatic heterocycles. The van der Waals surface area contributed by atoms with Crippen molar-refractivity contribution in [2.75, 3.05) is 38.1 Å². The van der Waals surface area contributed by atoms with Crippen LogP contribution in [0.4, 0.5) is 10.3 Å². The molecule has 0 radical (unpaired) electrons. The predicted octanol–water partition coefficient (Wildman–Crippen LogP) is 1.30. The highest BCUT2D eigenvalue weighted by Crippen LogP contribution is 2.11. The molecule has 2 heterocycles. The number of nitrogens with zero attached hydrogens (tertiary/aromatic N) is 4. The first-order chi connectivity index (χ1) is 11.6. The van der Waals surface area contributed by atoms with E-state index in [9.17, 15) is 9.18 Å². The van der Waals surface area contributed by atoms with Crippen LogP contribution in [0, 0.1) is 5.82 Å². The summed E-state index contributed by atoms with van der Waals surface area (Å²) in [5, 5.41) is 2.70. The second kappa shape index (κ2) is 7.35. The van der Waals surface area contributed by atoms with Crippen molar-refractivity contribution in [1.82, 2.24) is 20.2 Å². The fraction of sp³-hybridized carbons (Fsp3) is 0.353. The van der Waals surface area contributed by atoms with Crippen LogP contribution in [-0.4, -0.2) is 54.0 Å². The second-order valence-corrected chi connectivity index (χ2v) is 5.81. The lowest BCUT2D eigenvalue weighted by Gasteiger charge is -2.32. The first-order valence-electron chi connectivity index (χ1n) is 7.91. The topological polar surface area (TPSA) is 61.4 Å². The maximum atomic E-state index is 13.6. The van der Waals surface area contributed by atoms with E-state index in [1.54, 1.807) is 30.5 Å². The van der Waals surface area contributed by atoms with Gasteiger partial charge in [0.05, 0.1) is 0 Å². The lowest BCUT2D eigenvalue weighted by molar-refractivity contribution is 0.0945. The maximum absolute atomic E-state index is 13.6. The molecule has 0 aliphatic carbocycles. The Morgan fingerprint density at radius 3 is 2.71 bits per heavy atom. The number of hydrogen-bond acceptors (Lipinski definition) is 5. The highest BCUT2D eigenvalue weighted by Gasteiger charge is 2.18. The van der Waals surface area contributed by atoms with E-state index in [-0.39, 0.29) is 24.0 Å². The molecule has 0 saturated carbocycles. The Labute approximate surface area is 140 Å². The summed E-state index contributed by atoms with van der Waals surface area (Å²) in [6.45, 7) is 3.66. The average molecular weight is 329 g/mol. The molecule has 6 nitrogen and oxygen atoms in total. The lowest BCUT2D eigenvalue weighted by atomic mass is 10.2. The minimum Gasteiger partial charge on any atom is -0.347 e. The van der Waals surface area contributed by atoms with Crippen molar-refractivity contribution in [3.8, 4) is 0 Å². The number of likely N-dealkylation sites (N-methyl/N-ethyl adjacent to an activating group) is 1. The van der Waals surface area contributed by atoms with Gasteiger partial charge < -0.3 is 15.1 Å². The average Bonchev–Trinajstić information content (AvgIpc) is 2.61. The van der Waals surface area contributed by atoms with Gasteiger partial charge in [0.2, 0.25) is 5.95 Å². The Kier molecular flexibility index (Phi) is 5.00. The third-order valence-corrected chi connectivity index (χ3v) is 4.06. The van der Waals surface area contributed by atoms with E-state index in [0.29, 0.717) is 11.5 Å². The zero-order valence-electron chi connectivity index (χ0n) is 13.6. The minimum atomic E-state index is -0.337. The van der Waals surface area contributed by atoms with Gasteiger partial charge in [0.15, 0.2) is 0 Å². The molecule has 1 saturated heterocycles. The normalized spacial score (nSPS) is 15.3. The van der Waals surface area contributed by atoms with Gasteiger partial charge in [-0.25, -0.2) is 14.4 Å². The number of amides is 1. The molecule has 1 aliphatic rings. The smallest absolute Gasteiger partial charge is 0.270 e.